The van der Waals surface area contributed by atoms with E-state index >= 15 is 4.39 Å². The number of nitrogens with zero attached hydrogens (tertiary/aromatic N) is 6. The van der Waals surface area contributed by atoms with Gasteiger partial charge in [-0.2, -0.15) is 9.97 Å². The molecule has 3 saturated heterocycles. The molecular formula is C28H29ClF2N8O2S. The van der Waals surface area contributed by atoms with Crippen LogP contribution in [0.5, 0.6) is 6.01 Å². The third-order valence-electron chi connectivity index (χ3n) is 8.80. The van der Waals surface area contributed by atoms with Gasteiger partial charge in [0.25, 0.3) is 0 Å². The number of carbonyl (C=O) groups is 1. The number of amides is 2. The third kappa shape index (κ3) is 4.45. The fourth-order valence-electron chi connectivity index (χ4n) is 6.70. The third-order valence-corrected chi connectivity index (χ3v) is 9.99. The fraction of sp³-hybridized carbons (Fsp3) is 0.429. The molecule has 2 aromatic carbocycles. The number of rotatable bonds is 5. The minimum absolute atomic E-state index is 0.0274. The number of anilines is 2. The molecule has 220 valence electrons. The number of halogens is 3. The number of benzene rings is 2. The minimum atomic E-state index is -0.692. The normalized spacial score (nSPS) is 18.7. The molecule has 3 fully saturated rings. The van der Waals surface area contributed by atoms with E-state index in [-0.39, 0.29) is 43.0 Å². The molecule has 0 radical (unpaired) electrons. The number of primary amides is 1. The molecule has 0 unspecified atom stereocenters. The van der Waals surface area contributed by atoms with Crippen molar-refractivity contribution in [2.45, 2.75) is 31.2 Å². The number of piperazine rings is 1. The summed E-state index contributed by atoms with van der Waals surface area (Å²) in [6.07, 6.45) is 4.30. The lowest BCUT2D eigenvalue weighted by Crippen LogP contribution is -2.50. The Bertz CT molecular complexity index is 1720. The number of hydrogen-bond acceptors (Lipinski definition) is 9. The van der Waals surface area contributed by atoms with Gasteiger partial charge in [0.1, 0.15) is 23.8 Å². The summed E-state index contributed by atoms with van der Waals surface area (Å²) in [5.74, 6) is -0.730. The monoisotopic (exact) mass is 614 g/mol. The zero-order valence-corrected chi connectivity index (χ0v) is 24.3. The van der Waals surface area contributed by atoms with Gasteiger partial charge in [0.15, 0.2) is 10.9 Å². The van der Waals surface area contributed by atoms with Gasteiger partial charge in [0.05, 0.1) is 20.8 Å². The first-order valence-electron chi connectivity index (χ1n) is 14.0. The number of aromatic nitrogens is 3. The van der Waals surface area contributed by atoms with Crippen molar-refractivity contribution >= 4 is 61.0 Å². The van der Waals surface area contributed by atoms with Crippen molar-refractivity contribution < 1.29 is 18.3 Å². The number of hydrogen-bond donors (Lipinski definition) is 2. The van der Waals surface area contributed by atoms with E-state index in [1.165, 1.54) is 12.1 Å². The van der Waals surface area contributed by atoms with Gasteiger partial charge < -0.3 is 26.0 Å². The van der Waals surface area contributed by atoms with Crippen LogP contribution in [-0.4, -0.2) is 82.2 Å². The first kappa shape index (κ1) is 27.3. The Morgan fingerprint density at radius 3 is 2.50 bits per heavy atom. The van der Waals surface area contributed by atoms with Crippen molar-refractivity contribution in [3.63, 3.8) is 0 Å². The first-order valence-corrected chi connectivity index (χ1v) is 15.2. The smallest absolute Gasteiger partial charge is 0.319 e. The molecular weight excluding hydrogens is 586 g/mol. The molecule has 2 aromatic heterocycles. The summed E-state index contributed by atoms with van der Waals surface area (Å²) in [4.78, 5) is 31.3. The zero-order chi connectivity index (χ0) is 29.2. The van der Waals surface area contributed by atoms with Crippen molar-refractivity contribution in [3.05, 3.63) is 34.9 Å². The molecule has 42 heavy (non-hydrogen) atoms. The van der Waals surface area contributed by atoms with E-state index in [1.807, 2.05) is 4.90 Å². The second-order valence-corrected chi connectivity index (χ2v) is 12.6. The van der Waals surface area contributed by atoms with Gasteiger partial charge in [0.2, 0.25) is 0 Å². The van der Waals surface area contributed by atoms with Gasteiger partial charge in [-0.15, -0.1) is 0 Å². The number of ether oxygens (including phenoxy) is 1. The molecule has 0 aliphatic carbocycles. The Hall–Kier alpha value is -3.55. The number of urea groups is 1. The summed E-state index contributed by atoms with van der Waals surface area (Å²) < 4.78 is 37.7. The van der Waals surface area contributed by atoms with Crippen LogP contribution >= 0.6 is 22.9 Å². The largest absolute Gasteiger partial charge is 0.461 e. The summed E-state index contributed by atoms with van der Waals surface area (Å²) in [5, 5.41) is 0.662. The van der Waals surface area contributed by atoms with Crippen molar-refractivity contribution in [2.24, 2.45) is 5.73 Å². The van der Waals surface area contributed by atoms with E-state index < -0.39 is 17.7 Å². The molecule has 14 heteroatoms. The molecule has 4 aromatic rings. The van der Waals surface area contributed by atoms with Crippen LogP contribution in [0.1, 0.15) is 25.7 Å². The average Bonchev–Trinajstić information content (AvgIpc) is 3.67. The van der Waals surface area contributed by atoms with E-state index in [0.29, 0.717) is 49.6 Å². The minimum Gasteiger partial charge on any atom is -0.461 e. The summed E-state index contributed by atoms with van der Waals surface area (Å²) in [5.41, 5.74) is 11.9. The summed E-state index contributed by atoms with van der Waals surface area (Å²) in [7, 11) is 0. The molecule has 2 amide bonds. The fourth-order valence-corrected chi connectivity index (χ4v) is 7.76. The molecule has 10 nitrogen and oxygen atoms in total. The molecule has 0 spiro atoms. The molecule has 5 heterocycles. The number of thiazole rings is 1. The van der Waals surface area contributed by atoms with Crippen LogP contribution in [-0.2, 0) is 0 Å². The molecule has 0 bridgehead atoms. The highest BCUT2D eigenvalue weighted by Gasteiger charge is 2.45. The molecule has 3 aliphatic heterocycles. The quantitative estimate of drug-likeness (QED) is 0.333. The van der Waals surface area contributed by atoms with Gasteiger partial charge in [-0.05, 0) is 57.0 Å². The van der Waals surface area contributed by atoms with E-state index in [9.17, 15) is 9.18 Å². The number of nitrogen functional groups attached to an aromatic ring is 1. The summed E-state index contributed by atoms with van der Waals surface area (Å²) in [6, 6.07) is 3.90. The van der Waals surface area contributed by atoms with Crippen molar-refractivity contribution in [2.75, 3.05) is 56.5 Å². The highest BCUT2D eigenvalue weighted by atomic mass is 35.5. The summed E-state index contributed by atoms with van der Waals surface area (Å²) in [6.45, 7) is 4.15. The Kier molecular flexibility index (Phi) is 6.70. The molecule has 0 atom stereocenters. The van der Waals surface area contributed by atoms with Gasteiger partial charge in [-0.3, -0.25) is 4.90 Å². The molecule has 7 rings (SSSR count). The maximum Gasteiger partial charge on any atom is 0.319 e. The second kappa shape index (κ2) is 10.3. The lowest BCUT2D eigenvalue weighted by atomic mass is 9.95. The number of carbonyl (C=O) groups excluding carboxylic acids is 1. The lowest BCUT2D eigenvalue weighted by Gasteiger charge is -2.35. The van der Waals surface area contributed by atoms with E-state index in [2.05, 4.69) is 14.9 Å². The molecule has 4 N–H and O–H groups in total. The van der Waals surface area contributed by atoms with Gasteiger partial charge in [-0.1, -0.05) is 22.9 Å². The van der Waals surface area contributed by atoms with Crippen molar-refractivity contribution in [3.8, 4) is 17.1 Å². The van der Waals surface area contributed by atoms with E-state index in [0.717, 1.165) is 50.1 Å². The number of nitrogens with two attached hydrogens (primary N) is 2. The Morgan fingerprint density at radius 1 is 1.05 bits per heavy atom. The van der Waals surface area contributed by atoms with Crippen LogP contribution in [0.3, 0.4) is 0 Å². The van der Waals surface area contributed by atoms with Crippen LogP contribution in [0, 0.1) is 11.6 Å². The Balaban J connectivity index is 1.35. The molecule has 3 aliphatic rings. The first-order chi connectivity index (χ1) is 20.2. The zero-order valence-electron chi connectivity index (χ0n) is 22.7. The predicted octanol–water partition coefficient (Wildman–Crippen LogP) is 4.63. The van der Waals surface area contributed by atoms with Crippen LogP contribution in [0.4, 0.5) is 24.5 Å². The van der Waals surface area contributed by atoms with Crippen LogP contribution in [0.2, 0.25) is 5.02 Å². The SMILES string of the molecule is NC(=O)N1CCN(c2nc(OCC34CCCN3CCC4)nc3c(F)c(-c4ccc(F)c5sc(N)nc45)c(Cl)cc23)CC1. The maximum absolute atomic E-state index is 16.6. The van der Waals surface area contributed by atoms with E-state index in [1.54, 1.807) is 11.0 Å². The average molecular weight is 615 g/mol. The van der Waals surface area contributed by atoms with Crippen LogP contribution in [0.15, 0.2) is 18.2 Å². The van der Waals surface area contributed by atoms with Crippen molar-refractivity contribution in [1.82, 2.24) is 24.8 Å². The standard InChI is InChI=1S/C28H29ClF2N8O2S/c29-17-13-16-21(20(31)19(17)15-3-4-18(30)23-22(15)34-25(32)42-23)35-27(41-14-28-5-1-7-39(28)8-2-6-28)36-24(16)37-9-11-38(12-10-37)26(33)40/h3-4,13H,1-2,5-12,14H2,(H2,32,34)(H2,33,40). The van der Waals surface area contributed by atoms with Gasteiger partial charge >= 0.3 is 12.0 Å². The van der Waals surface area contributed by atoms with Gasteiger partial charge in [-0.25, -0.2) is 18.6 Å². The maximum atomic E-state index is 16.6. The summed E-state index contributed by atoms with van der Waals surface area (Å²) >= 11 is 7.73. The Labute approximate surface area is 249 Å². The predicted molar refractivity (Wildman–Crippen MR) is 159 cm³/mol. The molecule has 0 saturated carbocycles. The Morgan fingerprint density at radius 2 is 1.79 bits per heavy atom. The topological polar surface area (TPSA) is 127 Å². The van der Waals surface area contributed by atoms with E-state index in [4.69, 9.17) is 32.8 Å². The highest BCUT2D eigenvalue weighted by Crippen LogP contribution is 2.43. The number of fused-ring (bicyclic) bond motifs is 3. The second-order valence-electron chi connectivity index (χ2n) is 11.1. The highest BCUT2D eigenvalue weighted by molar-refractivity contribution is 7.22. The lowest BCUT2D eigenvalue weighted by molar-refractivity contribution is 0.108. The van der Waals surface area contributed by atoms with Crippen molar-refractivity contribution in [1.29, 1.82) is 0 Å². The van der Waals surface area contributed by atoms with Crippen LogP contribution in [0.25, 0.3) is 32.2 Å². The van der Waals surface area contributed by atoms with Crippen LogP contribution < -0.4 is 21.1 Å². The van der Waals surface area contributed by atoms with Gasteiger partial charge in [0, 0.05) is 42.7 Å².